The molecular weight excluding hydrogens is 182 g/mol. The van der Waals surface area contributed by atoms with Gasteiger partial charge in [0.05, 0.1) is 12.7 Å². The Morgan fingerprint density at radius 2 is 2.38 bits per heavy atom. The molecule has 0 aliphatic rings. The first-order valence-corrected chi connectivity index (χ1v) is 4.39. The lowest BCUT2D eigenvalue weighted by atomic mass is 10.5. The first-order valence-electron chi connectivity index (χ1n) is 3.98. The molecule has 0 radical (unpaired) electrons. The van der Waals surface area contributed by atoms with E-state index in [-0.39, 0.29) is 0 Å². The molecule has 0 spiro atoms. The molecule has 0 aliphatic heterocycles. The monoisotopic (exact) mass is 195 g/mol. The smallest absolute Gasteiger partial charge is 0.248 e. The van der Waals surface area contributed by atoms with E-state index in [2.05, 4.69) is 30.3 Å². The molecule has 1 rings (SSSR count). The number of rotatable bonds is 3. The molecule has 0 unspecified atom stereocenters. The normalized spacial score (nSPS) is 8.08. The Kier molecular flexibility index (Phi) is 6.69. The van der Waals surface area contributed by atoms with Gasteiger partial charge in [0.2, 0.25) is 6.33 Å². The molecule has 0 atom stereocenters. The number of isothiocyanates is 1. The van der Waals surface area contributed by atoms with Gasteiger partial charge >= 0.3 is 0 Å². The molecule has 0 bridgehead atoms. The summed E-state index contributed by atoms with van der Waals surface area (Å²) in [6, 6.07) is 0. The van der Waals surface area contributed by atoms with Crippen molar-refractivity contribution < 1.29 is 4.57 Å². The lowest BCUT2D eigenvalue weighted by molar-refractivity contribution is -0.696. The zero-order valence-electron chi connectivity index (χ0n) is 7.68. The Labute approximate surface area is 83.8 Å². The Morgan fingerprint density at radius 1 is 1.77 bits per heavy atom. The Morgan fingerprint density at radius 3 is 2.77 bits per heavy atom. The second-order valence-electron chi connectivity index (χ2n) is 2.37. The molecule has 1 aromatic rings. The van der Waals surface area contributed by atoms with E-state index < -0.39 is 0 Å². The molecule has 1 heterocycles. The van der Waals surface area contributed by atoms with Crippen LogP contribution >= 0.6 is 12.2 Å². The van der Waals surface area contributed by atoms with Crippen molar-refractivity contribution in [1.82, 2.24) is 4.57 Å². The van der Waals surface area contributed by atoms with Gasteiger partial charge in [0.25, 0.3) is 0 Å². The number of aromatic nitrogens is 2. The van der Waals surface area contributed by atoms with Crippen LogP contribution in [0.2, 0.25) is 0 Å². The summed E-state index contributed by atoms with van der Waals surface area (Å²) in [5, 5.41) is 8.47. The zero-order chi connectivity index (χ0) is 10.1. The van der Waals surface area contributed by atoms with Crippen LogP contribution in [0.1, 0.15) is 13.3 Å². The molecule has 4 heteroatoms. The second kappa shape index (κ2) is 7.40. The van der Waals surface area contributed by atoms with Crippen molar-refractivity contribution in [2.24, 2.45) is 0 Å². The van der Waals surface area contributed by atoms with Crippen molar-refractivity contribution >= 4 is 23.6 Å². The number of hydrogen-bond acceptors (Lipinski definition) is 1. The van der Waals surface area contributed by atoms with E-state index in [9.17, 15) is 0 Å². The first-order chi connectivity index (χ1) is 6.28. The van der Waals surface area contributed by atoms with Gasteiger partial charge in [-0.05, 0) is 6.42 Å². The molecule has 0 fully saturated rings. The Bertz CT molecular complexity index is 285. The van der Waals surface area contributed by atoms with Crippen molar-refractivity contribution in [3.8, 4) is 0 Å². The number of imidazole rings is 1. The quantitative estimate of drug-likeness (QED) is 0.412. The van der Waals surface area contributed by atoms with E-state index >= 15 is 0 Å². The van der Waals surface area contributed by atoms with E-state index in [1.54, 1.807) is 6.20 Å². The predicted octanol–water partition coefficient (Wildman–Crippen LogP) is 1.94. The average molecular weight is 195 g/mol. The van der Waals surface area contributed by atoms with Crippen LogP contribution in [0.15, 0.2) is 25.3 Å². The fourth-order valence-corrected chi connectivity index (χ4v) is 0.909. The largest absolute Gasteiger partial charge is 0.753 e. The first kappa shape index (κ1) is 11.8. The van der Waals surface area contributed by atoms with Crippen molar-refractivity contribution in [3.63, 3.8) is 0 Å². The summed E-state index contributed by atoms with van der Waals surface area (Å²) < 4.78 is 4.08. The minimum atomic E-state index is 1.08. The van der Waals surface area contributed by atoms with E-state index in [0.29, 0.717) is 0 Å². The summed E-state index contributed by atoms with van der Waals surface area (Å²) in [4.78, 5) is 0. The Hall–Kier alpha value is -1.25. The zero-order valence-corrected chi connectivity index (χ0v) is 8.50. The van der Waals surface area contributed by atoms with Crippen LogP contribution in [0, 0.1) is 0 Å². The van der Waals surface area contributed by atoms with E-state index in [1.807, 2.05) is 23.3 Å². The van der Waals surface area contributed by atoms with Gasteiger partial charge in [0, 0.05) is 0 Å². The third kappa shape index (κ3) is 5.06. The summed E-state index contributed by atoms with van der Waals surface area (Å²) >= 11 is 3.70. The number of hydrogen-bond donors (Lipinski definition) is 0. The van der Waals surface area contributed by atoms with Gasteiger partial charge in [-0.15, -0.1) is 0 Å². The number of aryl methyl sites for hydroxylation is 1. The fourth-order valence-electron chi connectivity index (χ4n) is 0.909. The summed E-state index contributed by atoms with van der Waals surface area (Å²) in [6.45, 7) is 6.90. The molecule has 1 aromatic heterocycles. The van der Waals surface area contributed by atoms with Crippen LogP contribution < -0.4 is 4.57 Å². The van der Waals surface area contributed by atoms with Crippen molar-refractivity contribution in [3.05, 3.63) is 30.7 Å². The van der Waals surface area contributed by atoms with Gasteiger partial charge < -0.3 is 5.41 Å². The highest BCUT2D eigenvalue weighted by molar-refractivity contribution is 7.78. The summed E-state index contributed by atoms with van der Waals surface area (Å²) in [6.07, 6.45) is 9.02. The lowest BCUT2D eigenvalue weighted by Crippen LogP contribution is -2.30. The maximum atomic E-state index is 7.13. The van der Waals surface area contributed by atoms with Crippen LogP contribution in [0.3, 0.4) is 0 Å². The van der Waals surface area contributed by atoms with Gasteiger partial charge in [0.1, 0.15) is 12.4 Å². The molecule has 0 aromatic carbocycles. The molecular formula is C9H13N3S. The molecule has 0 saturated heterocycles. The minimum Gasteiger partial charge on any atom is -0.753 e. The Balaban J connectivity index is 0.000000424. The molecule has 70 valence electrons. The van der Waals surface area contributed by atoms with Crippen molar-refractivity contribution in [2.75, 3.05) is 0 Å². The van der Waals surface area contributed by atoms with Gasteiger partial charge in [-0.3, -0.25) is 0 Å². The third-order valence-electron chi connectivity index (χ3n) is 1.40. The second-order valence-corrected chi connectivity index (χ2v) is 2.56. The van der Waals surface area contributed by atoms with E-state index in [1.165, 1.54) is 11.6 Å². The number of thiocarbonyl (C=S) groups is 1. The summed E-state index contributed by atoms with van der Waals surface area (Å²) in [5.41, 5.74) is 0. The fraction of sp³-hybridized carbons (Fsp3) is 0.333. The highest BCUT2D eigenvalue weighted by atomic mass is 32.1. The van der Waals surface area contributed by atoms with E-state index in [4.69, 9.17) is 5.41 Å². The van der Waals surface area contributed by atoms with Crippen LogP contribution in [0.5, 0.6) is 0 Å². The SMILES string of the molecule is C=Cn1cc[n+](CCC)c1.[N-]=C=S. The average Bonchev–Trinajstić information content (AvgIpc) is 2.54. The summed E-state index contributed by atoms with van der Waals surface area (Å²) in [5.74, 6) is 0. The summed E-state index contributed by atoms with van der Waals surface area (Å²) in [7, 11) is 0. The van der Waals surface area contributed by atoms with Gasteiger partial charge in [-0.2, -0.15) is 5.16 Å². The van der Waals surface area contributed by atoms with Gasteiger partial charge in [-0.1, -0.05) is 25.7 Å². The van der Waals surface area contributed by atoms with Crippen LogP contribution in [0.25, 0.3) is 11.6 Å². The van der Waals surface area contributed by atoms with Crippen molar-refractivity contribution in [1.29, 1.82) is 0 Å². The van der Waals surface area contributed by atoms with Crippen LogP contribution in [-0.2, 0) is 6.54 Å². The molecule has 13 heavy (non-hydrogen) atoms. The maximum Gasteiger partial charge on any atom is 0.248 e. The molecule has 0 saturated carbocycles. The minimum absolute atomic E-state index is 1.08. The van der Waals surface area contributed by atoms with Crippen LogP contribution in [0.4, 0.5) is 0 Å². The maximum absolute atomic E-state index is 7.13. The van der Waals surface area contributed by atoms with Crippen LogP contribution in [-0.4, -0.2) is 9.73 Å². The molecule has 0 N–H and O–H groups in total. The lowest BCUT2D eigenvalue weighted by Gasteiger charge is -1.86. The topological polar surface area (TPSA) is 31.1 Å². The number of nitrogens with zero attached hydrogens (tertiary/aromatic N) is 3. The van der Waals surface area contributed by atoms with Gasteiger partial charge in [0.15, 0.2) is 0 Å². The molecule has 3 nitrogen and oxygen atoms in total. The standard InChI is InChI=1S/C8H13N2.CNS/c1-3-5-10-7-6-9(4-2)8-10;2-1-3/h4,6-8H,2-3,5H2,1H3;/q+1;-1. The predicted molar refractivity (Wildman–Crippen MR) is 57.3 cm³/mol. The highest BCUT2D eigenvalue weighted by Crippen LogP contribution is 1.83. The molecule has 0 aliphatic carbocycles. The molecule has 0 amide bonds. The highest BCUT2D eigenvalue weighted by Gasteiger charge is 1.96. The van der Waals surface area contributed by atoms with Crippen molar-refractivity contribution in [2.45, 2.75) is 19.9 Å². The third-order valence-corrected chi connectivity index (χ3v) is 1.40. The van der Waals surface area contributed by atoms with Gasteiger partial charge in [-0.25, -0.2) is 9.13 Å². The van der Waals surface area contributed by atoms with E-state index in [0.717, 1.165) is 6.54 Å².